The molecule has 0 spiro atoms. The van der Waals surface area contributed by atoms with Gasteiger partial charge in [0.2, 0.25) is 0 Å². The standard InChI is InChI=1S/C14H28O3/c1-4-5-12-16-17-14(15)11-9-7-6-8-10-13(2)3/h13H,4-12H2,1-3H3. The van der Waals surface area contributed by atoms with Gasteiger partial charge in [-0.1, -0.05) is 52.9 Å². The summed E-state index contributed by atoms with van der Waals surface area (Å²) in [6.45, 7) is 7.06. The van der Waals surface area contributed by atoms with Gasteiger partial charge >= 0.3 is 5.97 Å². The Kier molecular flexibility index (Phi) is 11.5. The van der Waals surface area contributed by atoms with Crippen molar-refractivity contribution in [1.82, 2.24) is 0 Å². The predicted molar refractivity (Wildman–Crippen MR) is 69.5 cm³/mol. The summed E-state index contributed by atoms with van der Waals surface area (Å²) in [5, 5.41) is 0. The Morgan fingerprint density at radius 3 is 2.41 bits per heavy atom. The van der Waals surface area contributed by atoms with Crippen LogP contribution in [0.2, 0.25) is 0 Å². The van der Waals surface area contributed by atoms with E-state index in [-0.39, 0.29) is 5.97 Å². The maximum Gasteiger partial charge on any atom is 0.342 e. The molecular weight excluding hydrogens is 216 g/mol. The Balaban J connectivity index is 3.16. The van der Waals surface area contributed by atoms with E-state index in [9.17, 15) is 4.79 Å². The monoisotopic (exact) mass is 244 g/mol. The summed E-state index contributed by atoms with van der Waals surface area (Å²) < 4.78 is 0. The largest absolute Gasteiger partial charge is 0.342 e. The summed E-state index contributed by atoms with van der Waals surface area (Å²) in [7, 11) is 0. The van der Waals surface area contributed by atoms with Gasteiger partial charge in [-0.15, -0.1) is 0 Å². The number of carbonyl (C=O) groups is 1. The molecule has 0 bridgehead atoms. The van der Waals surface area contributed by atoms with Crippen LogP contribution >= 0.6 is 0 Å². The first-order chi connectivity index (χ1) is 8.16. The van der Waals surface area contributed by atoms with Gasteiger partial charge in [-0.25, -0.2) is 4.79 Å². The fourth-order valence-electron chi connectivity index (χ4n) is 1.53. The molecule has 0 heterocycles. The Hall–Kier alpha value is -0.570. The first kappa shape index (κ1) is 16.4. The van der Waals surface area contributed by atoms with E-state index in [1.807, 2.05) is 0 Å². The summed E-state index contributed by atoms with van der Waals surface area (Å²) >= 11 is 0. The number of rotatable bonds is 11. The molecule has 0 saturated heterocycles. The van der Waals surface area contributed by atoms with E-state index in [2.05, 4.69) is 25.7 Å². The van der Waals surface area contributed by atoms with Crippen molar-refractivity contribution in [1.29, 1.82) is 0 Å². The first-order valence-corrected chi connectivity index (χ1v) is 6.99. The van der Waals surface area contributed by atoms with Crippen LogP contribution in [0.1, 0.15) is 72.1 Å². The fourth-order valence-corrected chi connectivity index (χ4v) is 1.53. The molecular formula is C14H28O3. The zero-order valence-electron chi connectivity index (χ0n) is 11.7. The van der Waals surface area contributed by atoms with Gasteiger partial charge in [0.1, 0.15) is 0 Å². The zero-order valence-corrected chi connectivity index (χ0v) is 11.7. The molecule has 0 aromatic heterocycles. The second kappa shape index (κ2) is 11.9. The van der Waals surface area contributed by atoms with Gasteiger partial charge in [0.25, 0.3) is 0 Å². The predicted octanol–water partition coefficient (Wildman–Crippen LogP) is 4.26. The van der Waals surface area contributed by atoms with Gasteiger partial charge in [0.15, 0.2) is 0 Å². The lowest BCUT2D eigenvalue weighted by molar-refractivity contribution is -0.272. The maximum absolute atomic E-state index is 11.2. The third kappa shape index (κ3) is 13.4. The molecule has 0 atom stereocenters. The van der Waals surface area contributed by atoms with Crippen LogP contribution in [0.3, 0.4) is 0 Å². The topological polar surface area (TPSA) is 35.5 Å². The van der Waals surface area contributed by atoms with Crippen molar-refractivity contribution in [3.63, 3.8) is 0 Å². The molecule has 0 amide bonds. The van der Waals surface area contributed by atoms with E-state index in [1.54, 1.807) is 0 Å². The van der Waals surface area contributed by atoms with Crippen LogP contribution in [0.5, 0.6) is 0 Å². The van der Waals surface area contributed by atoms with Crippen LogP contribution in [-0.4, -0.2) is 12.6 Å². The third-order valence-corrected chi connectivity index (χ3v) is 2.65. The third-order valence-electron chi connectivity index (χ3n) is 2.65. The molecule has 0 radical (unpaired) electrons. The summed E-state index contributed by atoms with van der Waals surface area (Å²) in [4.78, 5) is 20.6. The van der Waals surface area contributed by atoms with Gasteiger partial charge < -0.3 is 0 Å². The van der Waals surface area contributed by atoms with E-state index < -0.39 is 0 Å². The summed E-state index contributed by atoms with van der Waals surface area (Å²) in [5.74, 6) is 0.553. The number of carbonyl (C=O) groups excluding carboxylic acids is 1. The summed E-state index contributed by atoms with van der Waals surface area (Å²) in [6.07, 6.45) is 8.24. The van der Waals surface area contributed by atoms with Crippen LogP contribution in [0, 0.1) is 5.92 Å². The molecule has 17 heavy (non-hydrogen) atoms. The molecule has 0 rings (SSSR count). The molecule has 3 heteroatoms. The van der Waals surface area contributed by atoms with E-state index in [1.165, 1.54) is 19.3 Å². The minimum Gasteiger partial charge on any atom is -0.298 e. The molecule has 0 aromatic carbocycles. The lowest BCUT2D eigenvalue weighted by Gasteiger charge is -2.04. The van der Waals surface area contributed by atoms with E-state index >= 15 is 0 Å². The molecule has 0 aromatic rings. The molecule has 0 aliphatic carbocycles. The van der Waals surface area contributed by atoms with E-state index in [0.29, 0.717) is 13.0 Å². The van der Waals surface area contributed by atoms with Crippen LogP contribution in [0.15, 0.2) is 0 Å². The van der Waals surface area contributed by atoms with Crippen molar-refractivity contribution < 1.29 is 14.6 Å². The summed E-state index contributed by atoms with van der Waals surface area (Å²) in [5.41, 5.74) is 0. The SMILES string of the molecule is CCCCOOC(=O)CCCCCCC(C)C. The van der Waals surface area contributed by atoms with Crippen LogP contribution < -0.4 is 0 Å². The van der Waals surface area contributed by atoms with Gasteiger partial charge in [-0.2, -0.15) is 4.89 Å². The quantitative estimate of drug-likeness (QED) is 0.309. The van der Waals surface area contributed by atoms with Crippen LogP contribution in [0.4, 0.5) is 0 Å². The average molecular weight is 244 g/mol. The molecule has 0 aliphatic rings. The van der Waals surface area contributed by atoms with Crippen molar-refractivity contribution in [2.45, 2.75) is 72.1 Å². The number of hydrogen-bond acceptors (Lipinski definition) is 3. The molecule has 0 fully saturated rings. The normalized spacial score (nSPS) is 10.8. The summed E-state index contributed by atoms with van der Waals surface area (Å²) in [6, 6.07) is 0. The fraction of sp³-hybridized carbons (Fsp3) is 0.929. The molecule has 0 aliphatic heterocycles. The highest BCUT2D eigenvalue weighted by Crippen LogP contribution is 2.10. The van der Waals surface area contributed by atoms with Crippen LogP contribution in [-0.2, 0) is 14.6 Å². The van der Waals surface area contributed by atoms with E-state index in [0.717, 1.165) is 31.6 Å². The highest BCUT2D eigenvalue weighted by molar-refractivity contribution is 5.68. The maximum atomic E-state index is 11.2. The molecule has 0 N–H and O–H groups in total. The second-order valence-electron chi connectivity index (χ2n) is 4.98. The van der Waals surface area contributed by atoms with Crippen molar-refractivity contribution in [2.75, 3.05) is 6.61 Å². The minimum absolute atomic E-state index is 0.232. The lowest BCUT2D eigenvalue weighted by Crippen LogP contribution is -2.06. The average Bonchev–Trinajstić information content (AvgIpc) is 2.29. The Morgan fingerprint density at radius 2 is 1.76 bits per heavy atom. The van der Waals surface area contributed by atoms with Gasteiger partial charge in [-0.05, 0) is 18.8 Å². The van der Waals surface area contributed by atoms with Gasteiger partial charge in [0, 0.05) is 6.42 Å². The van der Waals surface area contributed by atoms with Gasteiger partial charge in [-0.3, -0.25) is 4.89 Å². The molecule has 0 saturated carbocycles. The van der Waals surface area contributed by atoms with Crippen molar-refractivity contribution in [2.24, 2.45) is 5.92 Å². The lowest BCUT2D eigenvalue weighted by atomic mass is 10.0. The van der Waals surface area contributed by atoms with Gasteiger partial charge in [0.05, 0.1) is 6.61 Å². The Bertz CT molecular complexity index is 178. The highest BCUT2D eigenvalue weighted by atomic mass is 17.2. The second-order valence-corrected chi connectivity index (χ2v) is 4.98. The minimum atomic E-state index is -0.232. The number of unbranched alkanes of at least 4 members (excludes halogenated alkanes) is 4. The van der Waals surface area contributed by atoms with E-state index in [4.69, 9.17) is 4.89 Å². The van der Waals surface area contributed by atoms with Crippen molar-refractivity contribution in [3.8, 4) is 0 Å². The smallest absolute Gasteiger partial charge is 0.298 e. The molecule has 102 valence electrons. The van der Waals surface area contributed by atoms with Crippen molar-refractivity contribution >= 4 is 5.97 Å². The van der Waals surface area contributed by atoms with Crippen LogP contribution in [0.25, 0.3) is 0 Å². The Labute approximate surface area is 106 Å². The molecule has 3 nitrogen and oxygen atoms in total. The first-order valence-electron chi connectivity index (χ1n) is 6.99. The molecule has 0 unspecified atom stereocenters. The Morgan fingerprint density at radius 1 is 1.06 bits per heavy atom. The highest BCUT2D eigenvalue weighted by Gasteiger charge is 2.03. The number of hydrogen-bond donors (Lipinski definition) is 0. The van der Waals surface area contributed by atoms with Crippen molar-refractivity contribution in [3.05, 3.63) is 0 Å². The zero-order chi connectivity index (χ0) is 12.9.